The van der Waals surface area contributed by atoms with Crippen LogP contribution in [0.15, 0.2) is 99.8 Å². The van der Waals surface area contributed by atoms with Crippen LogP contribution in [-0.2, 0) is 4.79 Å². The van der Waals surface area contributed by atoms with Crippen LogP contribution < -0.4 is 9.47 Å². The van der Waals surface area contributed by atoms with Crippen LogP contribution in [-0.4, -0.2) is 104 Å². The molecule has 0 radical (unpaired) electrons. The average Bonchev–Trinajstić information content (AvgIpc) is 3.65. The van der Waals surface area contributed by atoms with Crippen molar-refractivity contribution < 1.29 is 53.9 Å². The second kappa shape index (κ2) is 21.6. The summed E-state index contributed by atoms with van der Waals surface area (Å²) in [7, 11) is 3.30. The summed E-state index contributed by atoms with van der Waals surface area (Å²) in [5.74, 6) is -0.132. The van der Waals surface area contributed by atoms with E-state index in [9.17, 15) is 34.2 Å². The lowest BCUT2D eigenvalue weighted by Crippen LogP contribution is -2.23. The van der Waals surface area contributed by atoms with E-state index in [-0.39, 0.29) is 41.2 Å². The zero-order valence-electron chi connectivity index (χ0n) is 31.1. The van der Waals surface area contributed by atoms with Gasteiger partial charge in [0.25, 0.3) is 11.1 Å². The number of carbonyl (C=O) groups excluding carboxylic acids is 3. The van der Waals surface area contributed by atoms with Crippen LogP contribution in [0.2, 0.25) is 0 Å². The van der Waals surface area contributed by atoms with Crippen molar-refractivity contribution in [3.8, 4) is 23.0 Å². The predicted octanol–water partition coefficient (Wildman–Crippen LogP) is 8.18. The van der Waals surface area contributed by atoms with Gasteiger partial charge < -0.3 is 29.9 Å². The van der Waals surface area contributed by atoms with Crippen molar-refractivity contribution in [1.29, 1.82) is 0 Å². The molecule has 17 heteroatoms. The van der Waals surface area contributed by atoms with E-state index in [2.05, 4.69) is 9.98 Å². The molecule has 58 heavy (non-hydrogen) atoms. The number of thioether (sulfide) groups is 2. The number of nitrogens with zero attached hydrogens (tertiary/aromatic N) is 4. The fourth-order valence-corrected chi connectivity index (χ4v) is 6.52. The summed E-state index contributed by atoms with van der Waals surface area (Å²) in [6.45, 7) is 4.52. The summed E-state index contributed by atoms with van der Waals surface area (Å²) in [4.78, 5) is 67.8. The number of likely N-dealkylation sites (N-methyl/N-ethyl adjacent to an activating group) is 1. The second-order valence-electron chi connectivity index (χ2n) is 11.7. The molecule has 2 amide bonds. The monoisotopic (exact) mass is 830 g/mol. The smallest absolute Gasteiger partial charge is 0.335 e. The van der Waals surface area contributed by atoms with E-state index in [0.29, 0.717) is 69.6 Å². The molecule has 0 aromatic heterocycles. The first kappa shape index (κ1) is 45.8. The lowest BCUT2D eigenvalue weighted by Gasteiger charge is -2.07. The predicted molar refractivity (Wildman–Crippen MR) is 226 cm³/mol. The lowest BCUT2D eigenvalue weighted by molar-refractivity contribution is -0.121. The molecule has 304 valence electrons. The number of hydrogen-bond donors (Lipinski definition) is 4. The van der Waals surface area contributed by atoms with Crippen molar-refractivity contribution >= 4 is 81.3 Å². The first-order valence-corrected chi connectivity index (χ1v) is 18.8. The number of amides is 2. The fourth-order valence-electron chi connectivity index (χ4n) is 4.72. The Hall–Kier alpha value is -6.59. The third-order valence-electron chi connectivity index (χ3n) is 7.70. The van der Waals surface area contributed by atoms with Gasteiger partial charge in [0.1, 0.15) is 12.1 Å². The van der Waals surface area contributed by atoms with Crippen molar-refractivity contribution in [2.24, 2.45) is 9.98 Å². The minimum absolute atomic E-state index is 0. The van der Waals surface area contributed by atoms with Gasteiger partial charge in [-0.3, -0.25) is 24.2 Å². The molecule has 0 unspecified atom stereocenters. The summed E-state index contributed by atoms with van der Waals surface area (Å²) >= 11 is 2.42. The maximum Gasteiger partial charge on any atom is 0.335 e. The van der Waals surface area contributed by atoms with Crippen LogP contribution in [0.1, 0.15) is 57.9 Å². The van der Waals surface area contributed by atoms with Gasteiger partial charge in [-0.1, -0.05) is 25.3 Å². The highest BCUT2D eigenvalue weighted by atomic mass is 32.2. The summed E-state index contributed by atoms with van der Waals surface area (Å²) < 4.78 is 10.4. The maximum absolute atomic E-state index is 12.5. The van der Waals surface area contributed by atoms with Crippen LogP contribution in [0.3, 0.4) is 0 Å². The second-order valence-corrected chi connectivity index (χ2v) is 13.6. The fraction of sp³-hybridized carbons (Fsp3) is 0.195. The SMILES string of the molecule is C.CCOc1cc(/C=C2/SC(=Nc3ccc(C(=O)O)cc3)N(C)C2=O)ccc1O.CCOc1cc(C=O)ccc1O.CN1C(=O)SCC1=Nc1ccc(C(=O)O)cc1. The highest BCUT2D eigenvalue weighted by Crippen LogP contribution is 2.35. The topological polar surface area (TPSA) is 216 Å². The number of amidine groups is 2. The molecule has 2 aliphatic heterocycles. The highest BCUT2D eigenvalue weighted by molar-refractivity contribution is 8.18. The average molecular weight is 831 g/mol. The lowest BCUT2D eigenvalue weighted by atomic mass is 10.2. The molecule has 4 aromatic rings. The molecule has 2 aliphatic rings. The number of carbonyl (C=O) groups is 5. The Morgan fingerprint density at radius 3 is 1.67 bits per heavy atom. The number of ether oxygens (including phenoxy) is 2. The minimum Gasteiger partial charge on any atom is -0.504 e. The Bertz CT molecular complexity index is 2220. The number of aldehydes is 1. The molecule has 15 nitrogen and oxygen atoms in total. The molecule has 0 aliphatic carbocycles. The molecule has 2 fully saturated rings. The van der Waals surface area contributed by atoms with Gasteiger partial charge in [-0.05, 0) is 116 Å². The van der Waals surface area contributed by atoms with Gasteiger partial charge in [0, 0.05) is 19.7 Å². The molecule has 4 N–H and O–H groups in total. The minimum atomic E-state index is -1.01. The number of benzene rings is 4. The molecule has 0 spiro atoms. The molecule has 6 rings (SSSR count). The van der Waals surface area contributed by atoms with E-state index in [4.69, 9.17) is 19.7 Å². The number of aliphatic imine (C=N–C) groups is 2. The number of carboxylic acid groups (broad SMARTS) is 2. The van der Waals surface area contributed by atoms with E-state index < -0.39 is 11.9 Å². The molecule has 0 saturated carbocycles. The van der Waals surface area contributed by atoms with Gasteiger partial charge in [-0.2, -0.15) is 0 Å². The van der Waals surface area contributed by atoms with Gasteiger partial charge in [-0.25, -0.2) is 19.6 Å². The Morgan fingerprint density at radius 2 is 1.22 bits per heavy atom. The molecular weight excluding hydrogens is 789 g/mol. The number of phenols is 2. The quantitative estimate of drug-likeness (QED) is 0.0877. The van der Waals surface area contributed by atoms with E-state index in [0.717, 1.165) is 5.56 Å². The van der Waals surface area contributed by atoms with Crippen LogP contribution >= 0.6 is 23.5 Å². The number of aromatic carboxylic acids is 2. The largest absolute Gasteiger partial charge is 0.504 e. The number of aromatic hydroxyl groups is 2. The van der Waals surface area contributed by atoms with Crippen LogP contribution in [0.5, 0.6) is 23.0 Å². The highest BCUT2D eigenvalue weighted by Gasteiger charge is 2.30. The summed E-state index contributed by atoms with van der Waals surface area (Å²) in [6, 6.07) is 21.7. The van der Waals surface area contributed by atoms with Gasteiger partial charge >= 0.3 is 11.9 Å². The van der Waals surface area contributed by atoms with Crippen LogP contribution in [0.25, 0.3) is 6.08 Å². The number of hydrogen-bond acceptors (Lipinski definition) is 13. The summed E-state index contributed by atoms with van der Waals surface area (Å²) in [5, 5.41) is 37.2. The van der Waals surface area contributed by atoms with Crippen molar-refractivity contribution in [2.45, 2.75) is 21.3 Å². The Kier molecular flexibility index (Phi) is 17.1. The Morgan fingerprint density at radius 1 is 0.741 bits per heavy atom. The van der Waals surface area contributed by atoms with Gasteiger partial charge in [-0.15, -0.1) is 0 Å². The van der Waals surface area contributed by atoms with E-state index in [1.165, 1.54) is 81.9 Å². The third-order valence-corrected chi connectivity index (χ3v) is 9.69. The first-order valence-electron chi connectivity index (χ1n) is 17.0. The molecule has 2 heterocycles. The van der Waals surface area contributed by atoms with Crippen molar-refractivity contribution in [2.75, 3.05) is 33.1 Å². The van der Waals surface area contributed by atoms with Crippen LogP contribution in [0, 0.1) is 0 Å². The molecule has 0 bridgehead atoms. The number of phenolic OH excluding ortho intramolecular Hbond substituents is 2. The molecule has 2 saturated heterocycles. The third kappa shape index (κ3) is 12.5. The van der Waals surface area contributed by atoms with Crippen molar-refractivity contribution in [3.63, 3.8) is 0 Å². The summed E-state index contributed by atoms with van der Waals surface area (Å²) in [6.07, 6.45) is 2.42. The van der Waals surface area contributed by atoms with Crippen LogP contribution in [0.4, 0.5) is 16.2 Å². The maximum atomic E-state index is 12.5. The first-order chi connectivity index (χ1) is 27.2. The van der Waals surface area contributed by atoms with Gasteiger partial charge in [0.2, 0.25) is 0 Å². The molecule has 4 aromatic carbocycles. The van der Waals surface area contributed by atoms with Crippen molar-refractivity contribution in [3.05, 3.63) is 112 Å². The Balaban J connectivity index is 0.000000255. The zero-order chi connectivity index (χ0) is 41.6. The zero-order valence-corrected chi connectivity index (χ0v) is 32.7. The molecule has 0 atom stereocenters. The Labute approximate surface area is 343 Å². The van der Waals surface area contributed by atoms with Gasteiger partial charge in [0.15, 0.2) is 28.2 Å². The number of carboxylic acids is 2. The standard InChI is InChI=1S/C20H18N2O5S.C11H10N2O3S.C9H10O3.CH4/c1-3-27-16-10-12(4-9-15(16)23)11-17-18(24)22(2)20(28-17)21-14-7-5-13(6-8-14)19(25)26;1-13-9(6-17-11(13)16)12-8-4-2-7(3-5-8)10(14)15;1-2-12-9-5-7(6-10)3-4-8(9)11;/h4-11,23H,3H2,1-2H3,(H,25,26);2-5H,6H2,1H3,(H,14,15);3-6,11H,2H2,1H3;1H4/b17-11+,21-20?;;;. The van der Waals surface area contributed by atoms with E-state index in [1.54, 1.807) is 56.6 Å². The van der Waals surface area contributed by atoms with Crippen molar-refractivity contribution in [1.82, 2.24) is 9.80 Å². The normalized spacial score (nSPS) is 15.3. The summed E-state index contributed by atoms with van der Waals surface area (Å²) in [5.41, 5.74) is 2.81. The van der Waals surface area contributed by atoms with E-state index in [1.807, 2.05) is 13.8 Å². The van der Waals surface area contributed by atoms with E-state index >= 15 is 0 Å². The van der Waals surface area contributed by atoms with Gasteiger partial charge in [0.05, 0.1) is 46.4 Å². The molecular formula is C41H42N4O11S2. The number of rotatable bonds is 10.